The van der Waals surface area contributed by atoms with Gasteiger partial charge in [-0.25, -0.2) is 0 Å². The number of hydrogen-bond acceptors (Lipinski definition) is 3. The molecular weight excluding hydrogens is 274 g/mol. The van der Waals surface area contributed by atoms with Crippen LogP contribution in [0, 0.1) is 0 Å². The molecule has 0 saturated carbocycles. The first-order valence-electron chi connectivity index (χ1n) is 7.70. The van der Waals surface area contributed by atoms with E-state index < -0.39 is 0 Å². The van der Waals surface area contributed by atoms with E-state index in [1.807, 2.05) is 18.2 Å². The first-order chi connectivity index (χ1) is 10.8. The van der Waals surface area contributed by atoms with Crippen LogP contribution in [-0.4, -0.2) is 25.0 Å². The number of piperidine rings is 1. The number of rotatable bonds is 4. The quantitative estimate of drug-likeness (QED) is 0.911. The van der Waals surface area contributed by atoms with E-state index in [4.69, 9.17) is 5.73 Å². The Hall–Kier alpha value is -2.33. The molecule has 1 aliphatic heterocycles. The Bertz CT molecular complexity index is 619. The van der Waals surface area contributed by atoms with Gasteiger partial charge in [0, 0.05) is 23.0 Å². The predicted molar refractivity (Wildman–Crippen MR) is 89.4 cm³/mol. The molecule has 0 aliphatic carbocycles. The summed E-state index contributed by atoms with van der Waals surface area (Å²) >= 11 is 0. The van der Waals surface area contributed by atoms with Gasteiger partial charge in [0.15, 0.2) is 0 Å². The van der Waals surface area contributed by atoms with Crippen molar-refractivity contribution in [3.8, 4) is 0 Å². The Morgan fingerprint density at radius 3 is 2.14 bits per heavy atom. The van der Waals surface area contributed by atoms with Crippen LogP contribution in [0.25, 0.3) is 0 Å². The van der Waals surface area contributed by atoms with E-state index >= 15 is 0 Å². The van der Waals surface area contributed by atoms with Gasteiger partial charge in [-0.15, -0.1) is 0 Å². The summed E-state index contributed by atoms with van der Waals surface area (Å²) in [5.74, 6) is -0.389. The Morgan fingerprint density at radius 1 is 0.955 bits per heavy atom. The van der Waals surface area contributed by atoms with Gasteiger partial charge in [0.05, 0.1) is 0 Å². The minimum atomic E-state index is -0.389. The summed E-state index contributed by atoms with van der Waals surface area (Å²) in [4.78, 5) is 13.6. The molecule has 0 bridgehead atoms. The molecule has 1 fully saturated rings. The van der Waals surface area contributed by atoms with Crippen molar-refractivity contribution in [2.45, 2.75) is 18.9 Å². The van der Waals surface area contributed by atoms with E-state index in [1.165, 1.54) is 5.69 Å². The van der Waals surface area contributed by atoms with Crippen LogP contribution in [0.5, 0.6) is 0 Å². The molecule has 1 saturated heterocycles. The lowest BCUT2D eigenvalue weighted by atomic mass is 10.0. The molecule has 0 atom stereocenters. The third-order valence-corrected chi connectivity index (χ3v) is 4.14. The number of nitrogens with two attached hydrogens (primary N) is 1. The average molecular weight is 295 g/mol. The fourth-order valence-corrected chi connectivity index (χ4v) is 3.01. The molecule has 22 heavy (non-hydrogen) atoms. The first-order valence-corrected chi connectivity index (χ1v) is 7.70. The summed E-state index contributed by atoms with van der Waals surface area (Å²) in [5.41, 5.74) is 8.16. The van der Waals surface area contributed by atoms with Crippen molar-refractivity contribution in [1.29, 1.82) is 0 Å². The summed E-state index contributed by atoms with van der Waals surface area (Å²) in [5, 5.41) is 3.41. The van der Waals surface area contributed by atoms with Crippen molar-refractivity contribution < 1.29 is 4.79 Å². The minimum absolute atomic E-state index is 0.389. The number of anilines is 2. The third-order valence-electron chi connectivity index (χ3n) is 4.14. The number of benzene rings is 2. The van der Waals surface area contributed by atoms with Crippen molar-refractivity contribution in [3.05, 3.63) is 60.2 Å². The number of amides is 1. The molecule has 1 aliphatic rings. The first kappa shape index (κ1) is 14.6. The lowest BCUT2D eigenvalue weighted by molar-refractivity contribution is 0.100. The molecule has 4 heteroatoms. The topological polar surface area (TPSA) is 58.4 Å². The molecule has 114 valence electrons. The normalized spacial score (nSPS) is 15.5. The number of nitrogens with zero attached hydrogens (tertiary/aromatic N) is 1. The van der Waals surface area contributed by atoms with Crippen molar-refractivity contribution in [2.24, 2.45) is 5.73 Å². The van der Waals surface area contributed by atoms with Gasteiger partial charge in [-0.05, 0) is 62.3 Å². The summed E-state index contributed by atoms with van der Waals surface area (Å²) in [6.45, 7) is 2.07. The number of carbonyl (C=O) groups is 1. The molecule has 2 aromatic carbocycles. The highest BCUT2D eigenvalue weighted by Gasteiger charge is 2.22. The van der Waals surface area contributed by atoms with Gasteiger partial charge in [0.2, 0.25) is 5.91 Å². The second-order valence-electron chi connectivity index (χ2n) is 5.60. The Morgan fingerprint density at radius 2 is 1.55 bits per heavy atom. The monoisotopic (exact) mass is 295 g/mol. The van der Waals surface area contributed by atoms with Gasteiger partial charge in [-0.2, -0.15) is 0 Å². The summed E-state index contributed by atoms with van der Waals surface area (Å²) in [6.07, 6.45) is 2.21. The van der Waals surface area contributed by atoms with Crippen LogP contribution in [0.2, 0.25) is 0 Å². The van der Waals surface area contributed by atoms with E-state index in [2.05, 4.69) is 34.5 Å². The maximum absolute atomic E-state index is 11.3. The number of primary amides is 1. The number of hydrogen-bond donors (Lipinski definition) is 2. The van der Waals surface area contributed by atoms with Gasteiger partial charge in [-0.1, -0.05) is 18.2 Å². The molecule has 2 aromatic rings. The maximum Gasteiger partial charge on any atom is 0.248 e. The van der Waals surface area contributed by atoms with Crippen LogP contribution in [0.15, 0.2) is 54.6 Å². The van der Waals surface area contributed by atoms with E-state index in [0.29, 0.717) is 11.6 Å². The van der Waals surface area contributed by atoms with Crippen LogP contribution < -0.4 is 16.0 Å². The minimum Gasteiger partial charge on any atom is -0.366 e. The summed E-state index contributed by atoms with van der Waals surface area (Å²) < 4.78 is 0. The van der Waals surface area contributed by atoms with Gasteiger partial charge in [0.25, 0.3) is 0 Å². The number of carbonyl (C=O) groups excluding carboxylic acids is 1. The second-order valence-corrected chi connectivity index (χ2v) is 5.60. The van der Waals surface area contributed by atoms with Crippen molar-refractivity contribution >= 4 is 17.3 Å². The van der Waals surface area contributed by atoms with E-state index in [0.717, 1.165) is 31.6 Å². The Balaban J connectivity index is 1.95. The lowest BCUT2D eigenvalue weighted by Gasteiger charge is -2.36. The SMILES string of the molecule is NC(=O)c1ccc(N(c2ccccc2)C2CCNCC2)cc1. The van der Waals surface area contributed by atoms with Gasteiger partial charge < -0.3 is 16.0 Å². The van der Waals surface area contributed by atoms with E-state index in [9.17, 15) is 4.79 Å². The van der Waals surface area contributed by atoms with Crippen molar-refractivity contribution in [3.63, 3.8) is 0 Å². The third kappa shape index (κ3) is 3.12. The zero-order valence-corrected chi connectivity index (χ0v) is 12.5. The summed E-state index contributed by atoms with van der Waals surface area (Å²) in [6, 6.07) is 18.4. The highest BCUT2D eigenvalue weighted by molar-refractivity contribution is 5.93. The van der Waals surface area contributed by atoms with E-state index in [-0.39, 0.29) is 5.91 Å². The molecule has 1 amide bonds. The number of para-hydroxylation sites is 1. The molecule has 0 aromatic heterocycles. The summed E-state index contributed by atoms with van der Waals surface area (Å²) in [7, 11) is 0. The van der Waals surface area contributed by atoms with Crippen molar-refractivity contribution in [2.75, 3.05) is 18.0 Å². The second kappa shape index (κ2) is 6.62. The lowest BCUT2D eigenvalue weighted by Crippen LogP contribution is -2.40. The largest absolute Gasteiger partial charge is 0.366 e. The standard InChI is InChI=1S/C18H21N3O/c19-18(22)14-6-8-16(9-7-14)21(15-4-2-1-3-5-15)17-10-12-20-13-11-17/h1-9,17,20H,10-13H2,(H2,19,22). The smallest absolute Gasteiger partial charge is 0.248 e. The molecule has 1 heterocycles. The zero-order chi connectivity index (χ0) is 15.4. The fourth-order valence-electron chi connectivity index (χ4n) is 3.01. The van der Waals surface area contributed by atoms with Gasteiger partial charge >= 0.3 is 0 Å². The molecule has 4 nitrogen and oxygen atoms in total. The predicted octanol–water partition coefficient (Wildman–Crippen LogP) is 2.68. The van der Waals surface area contributed by atoms with Crippen LogP contribution in [0.4, 0.5) is 11.4 Å². The molecular formula is C18H21N3O. The van der Waals surface area contributed by atoms with Crippen LogP contribution in [-0.2, 0) is 0 Å². The van der Waals surface area contributed by atoms with Crippen LogP contribution >= 0.6 is 0 Å². The van der Waals surface area contributed by atoms with Crippen LogP contribution in [0.1, 0.15) is 23.2 Å². The zero-order valence-electron chi connectivity index (χ0n) is 12.5. The number of nitrogens with one attached hydrogen (secondary N) is 1. The average Bonchev–Trinajstić information content (AvgIpc) is 2.57. The van der Waals surface area contributed by atoms with Crippen LogP contribution in [0.3, 0.4) is 0 Å². The Kier molecular flexibility index (Phi) is 4.39. The van der Waals surface area contributed by atoms with Gasteiger partial charge in [-0.3, -0.25) is 4.79 Å². The molecule has 0 unspecified atom stereocenters. The highest BCUT2D eigenvalue weighted by Crippen LogP contribution is 2.31. The fraction of sp³-hybridized carbons (Fsp3) is 0.278. The molecule has 3 rings (SSSR count). The molecule has 3 N–H and O–H groups in total. The molecule has 0 radical (unpaired) electrons. The van der Waals surface area contributed by atoms with Gasteiger partial charge in [0.1, 0.15) is 0 Å². The molecule has 0 spiro atoms. The highest BCUT2D eigenvalue weighted by atomic mass is 16.1. The van der Waals surface area contributed by atoms with E-state index in [1.54, 1.807) is 12.1 Å². The Labute approximate surface area is 130 Å². The van der Waals surface area contributed by atoms with Crippen molar-refractivity contribution in [1.82, 2.24) is 5.32 Å². The maximum atomic E-state index is 11.3.